The zero-order valence-electron chi connectivity index (χ0n) is 12.4. The molecule has 3 aromatic rings. The third-order valence-electron chi connectivity index (χ3n) is 3.62. The first-order valence-corrected chi connectivity index (χ1v) is 8.00. The van der Waals surface area contributed by atoms with Crippen molar-refractivity contribution >= 4 is 17.0 Å². The Morgan fingerprint density at radius 3 is 2.33 bits per heavy atom. The van der Waals surface area contributed by atoms with E-state index in [4.69, 9.17) is 0 Å². The fraction of sp³-hybridized carbons (Fsp3) is 0.158. The van der Waals surface area contributed by atoms with Crippen molar-refractivity contribution in [1.29, 1.82) is 0 Å². The van der Waals surface area contributed by atoms with Crippen LogP contribution in [-0.2, 0) is 6.54 Å². The number of anilines is 1. The molecule has 0 amide bonds. The molecule has 1 N–H and O–H groups in total. The molecule has 1 nitrogen and oxygen atoms in total. The minimum atomic E-state index is 0.875. The summed E-state index contributed by atoms with van der Waals surface area (Å²) < 4.78 is 0. The predicted octanol–water partition coefficient (Wildman–Crippen LogP) is 5.64. The summed E-state index contributed by atoms with van der Waals surface area (Å²) in [7, 11) is 0. The van der Waals surface area contributed by atoms with Crippen LogP contribution < -0.4 is 5.32 Å². The Morgan fingerprint density at radius 2 is 1.62 bits per heavy atom. The summed E-state index contributed by atoms with van der Waals surface area (Å²) in [5, 5.41) is 3.59. The van der Waals surface area contributed by atoms with Crippen molar-refractivity contribution < 1.29 is 0 Å². The normalized spacial score (nSPS) is 10.6. The molecule has 21 heavy (non-hydrogen) atoms. The summed E-state index contributed by atoms with van der Waals surface area (Å²) in [6.07, 6.45) is 0. The van der Waals surface area contributed by atoms with E-state index in [1.807, 2.05) is 11.3 Å². The van der Waals surface area contributed by atoms with Crippen molar-refractivity contribution in [3.8, 4) is 11.1 Å². The summed E-state index contributed by atoms with van der Waals surface area (Å²) in [5.74, 6) is 0. The summed E-state index contributed by atoms with van der Waals surface area (Å²) in [6, 6.07) is 21.3. The molecule has 0 aliphatic heterocycles. The molecule has 106 valence electrons. The molecule has 0 bridgehead atoms. The second-order valence-corrected chi connectivity index (χ2v) is 6.66. The number of aryl methyl sites for hydroxylation is 2. The Bertz CT molecular complexity index is 728. The van der Waals surface area contributed by atoms with Gasteiger partial charge in [-0.05, 0) is 37.1 Å². The number of rotatable bonds is 4. The lowest BCUT2D eigenvalue weighted by atomic mass is 10.0. The van der Waals surface area contributed by atoms with Crippen molar-refractivity contribution in [2.24, 2.45) is 0 Å². The minimum absolute atomic E-state index is 0.875. The number of para-hydroxylation sites is 1. The molecule has 0 atom stereocenters. The van der Waals surface area contributed by atoms with Crippen LogP contribution in [0.3, 0.4) is 0 Å². The molecule has 0 fully saturated rings. The number of nitrogens with one attached hydrogen (secondary N) is 1. The summed E-state index contributed by atoms with van der Waals surface area (Å²) in [6.45, 7) is 5.23. The largest absolute Gasteiger partial charge is 0.380 e. The van der Waals surface area contributed by atoms with E-state index in [0.29, 0.717) is 0 Å². The molecule has 3 rings (SSSR count). The van der Waals surface area contributed by atoms with Gasteiger partial charge in [-0.1, -0.05) is 48.5 Å². The molecule has 0 saturated heterocycles. The van der Waals surface area contributed by atoms with E-state index in [0.717, 1.165) is 6.54 Å². The molecule has 2 heteroatoms. The van der Waals surface area contributed by atoms with Crippen LogP contribution in [0.25, 0.3) is 11.1 Å². The molecule has 1 aromatic heterocycles. The van der Waals surface area contributed by atoms with E-state index in [1.165, 1.54) is 32.1 Å². The second-order valence-electron chi connectivity index (χ2n) is 5.20. The average molecular weight is 293 g/mol. The van der Waals surface area contributed by atoms with Crippen LogP contribution in [-0.4, -0.2) is 0 Å². The van der Waals surface area contributed by atoms with Gasteiger partial charge in [-0.25, -0.2) is 0 Å². The van der Waals surface area contributed by atoms with Gasteiger partial charge in [0.15, 0.2) is 0 Å². The maximum absolute atomic E-state index is 3.59. The van der Waals surface area contributed by atoms with Crippen LogP contribution in [0.5, 0.6) is 0 Å². The lowest BCUT2D eigenvalue weighted by Gasteiger charge is -2.12. The van der Waals surface area contributed by atoms with Gasteiger partial charge in [0, 0.05) is 27.5 Å². The Balaban J connectivity index is 1.85. The van der Waals surface area contributed by atoms with Gasteiger partial charge in [-0.15, -0.1) is 11.3 Å². The molecule has 0 spiro atoms. The number of thiophene rings is 1. The highest BCUT2D eigenvalue weighted by atomic mass is 32.1. The maximum atomic E-state index is 3.59. The zero-order valence-corrected chi connectivity index (χ0v) is 13.2. The fourth-order valence-corrected chi connectivity index (χ4v) is 3.50. The molecular weight excluding hydrogens is 274 g/mol. The molecule has 1 heterocycles. The Hall–Kier alpha value is -2.06. The number of hydrogen-bond donors (Lipinski definition) is 1. The van der Waals surface area contributed by atoms with E-state index in [1.54, 1.807) is 0 Å². The first kappa shape index (κ1) is 13.9. The van der Waals surface area contributed by atoms with Crippen molar-refractivity contribution in [3.05, 3.63) is 76.0 Å². The summed E-state index contributed by atoms with van der Waals surface area (Å²) >= 11 is 1.86. The van der Waals surface area contributed by atoms with Gasteiger partial charge >= 0.3 is 0 Å². The van der Waals surface area contributed by atoms with E-state index in [2.05, 4.69) is 79.8 Å². The second kappa shape index (κ2) is 6.15. The Morgan fingerprint density at radius 1 is 0.905 bits per heavy atom. The van der Waals surface area contributed by atoms with Crippen LogP contribution in [0.2, 0.25) is 0 Å². The first-order chi connectivity index (χ1) is 10.2. The van der Waals surface area contributed by atoms with Crippen LogP contribution in [0.1, 0.15) is 15.3 Å². The molecule has 0 radical (unpaired) electrons. The molecule has 0 saturated carbocycles. The standard InChI is InChI=1S/C19H19NS/c1-14-12-17(15(2)21-14)13-20-19-11-7-6-10-18(19)16-8-4-3-5-9-16/h3-12,20H,13H2,1-2H3. The third kappa shape index (κ3) is 3.17. The highest BCUT2D eigenvalue weighted by molar-refractivity contribution is 7.12. The number of benzene rings is 2. The van der Waals surface area contributed by atoms with Gasteiger partial charge in [0.05, 0.1) is 0 Å². The molecule has 0 unspecified atom stereocenters. The van der Waals surface area contributed by atoms with Gasteiger partial charge in [0.2, 0.25) is 0 Å². The summed E-state index contributed by atoms with van der Waals surface area (Å²) in [5.41, 5.74) is 5.08. The van der Waals surface area contributed by atoms with E-state index >= 15 is 0 Å². The Labute approximate surface area is 130 Å². The average Bonchev–Trinajstić information content (AvgIpc) is 2.84. The van der Waals surface area contributed by atoms with E-state index < -0.39 is 0 Å². The lowest BCUT2D eigenvalue weighted by Crippen LogP contribution is -2.00. The molecule has 2 aromatic carbocycles. The molecule has 0 aliphatic rings. The third-order valence-corrected chi connectivity index (χ3v) is 4.63. The van der Waals surface area contributed by atoms with Gasteiger partial charge in [-0.3, -0.25) is 0 Å². The lowest BCUT2D eigenvalue weighted by molar-refractivity contribution is 1.14. The monoisotopic (exact) mass is 293 g/mol. The quantitative estimate of drug-likeness (QED) is 0.656. The van der Waals surface area contributed by atoms with Gasteiger partial charge < -0.3 is 5.32 Å². The van der Waals surface area contributed by atoms with E-state index in [-0.39, 0.29) is 0 Å². The number of hydrogen-bond acceptors (Lipinski definition) is 2. The molecule has 0 aliphatic carbocycles. The van der Waals surface area contributed by atoms with Crippen LogP contribution in [0, 0.1) is 13.8 Å². The fourth-order valence-electron chi connectivity index (χ4n) is 2.56. The van der Waals surface area contributed by atoms with Gasteiger partial charge in [0.25, 0.3) is 0 Å². The van der Waals surface area contributed by atoms with Crippen LogP contribution >= 0.6 is 11.3 Å². The van der Waals surface area contributed by atoms with Gasteiger partial charge in [-0.2, -0.15) is 0 Å². The van der Waals surface area contributed by atoms with Crippen LogP contribution in [0.4, 0.5) is 5.69 Å². The van der Waals surface area contributed by atoms with Crippen LogP contribution in [0.15, 0.2) is 60.7 Å². The zero-order chi connectivity index (χ0) is 14.7. The van der Waals surface area contributed by atoms with Crippen molar-refractivity contribution in [2.75, 3.05) is 5.32 Å². The van der Waals surface area contributed by atoms with Gasteiger partial charge in [0.1, 0.15) is 0 Å². The SMILES string of the molecule is Cc1cc(CNc2ccccc2-c2ccccc2)c(C)s1. The summed E-state index contributed by atoms with van der Waals surface area (Å²) in [4.78, 5) is 2.78. The van der Waals surface area contributed by atoms with Crippen molar-refractivity contribution in [2.45, 2.75) is 20.4 Å². The minimum Gasteiger partial charge on any atom is -0.380 e. The smallest absolute Gasteiger partial charge is 0.0422 e. The molecular formula is C19H19NS. The first-order valence-electron chi connectivity index (χ1n) is 7.18. The topological polar surface area (TPSA) is 12.0 Å². The maximum Gasteiger partial charge on any atom is 0.0422 e. The van der Waals surface area contributed by atoms with E-state index in [9.17, 15) is 0 Å². The predicted molar refractivity (Wildman–Crippen MR) is 93.0 cm³/mol. The highest BCUT2D eigenvalue weighted by Gasteiger charge is 2.06. The highest BCUT2D eigenvalue weighted by Crippen LogP contribution is 2.29. The Kier molecular flexibility index (Phi) is 4.07. The van der Waals surface area contributed by atoms with Crippen molar-refractivity contribution in [1.82, 2.24) is 0 Å². The van der Waals surface area contributed by atoms with Crippen molar-refractivity contribution in [3.63, 3.8) is 0 Å².